The van der Waals surface area contributed by atoms with Gasteiger partial charge in [0.25, 0.3) is 0 Å². The largest absolute Gasteiger partial charge is 0.392 e. The standard InChI is InChI=1S/C14H26N2OS/c1-10(2)11(3)16-13(17)14(12(15)18)8-6-4-5-7-9-14/h10-11H,4-9H2,1-3H3,(H2,15,18)(H,16,17). The first-order chi connectivity index (χ1) is 8.40. The van der Waals surface area contributed by atoms with Crippen molar-refractivity contribution < 1.29 is 4.79 Å². The Kier molecular flexibility index (Phi) is 5.57. The lowest BCUT2D eigenvalue weighted by atomic mass is 9.79. The minimum absolute atomic E-state index is 0.0399. The second kappa shape index (κ2) is 6.50. The van der Waals surface area contributed by atoms with Gasteiger partial charge in [-0.15, -0.1) is 0 Å². The van der Waals surface area contributed by atoms with Crippen molar-refractivity contribution >= 4 is 23.1 Å². The zero-order valence-electron chi connectivity index (χ0n) is 11.8. The van der Waals surface area contributed by atoms with Crippen molar-refractivity contribution in [1.29, 1.82) is 0 Å². The van der Waals surface area contributed by atoms with Gasteiger partial charge in [0.05, 0.1) is 10.4 Å². The molecule has 1 atom stereocenters. The molecule has 3 N–H and O–H groups in total. The van der Waals surface area contributed by atoms with Crippen LogP contribution in [0.1, 0.15) is 59.3 Å². The Hall–Kier alpha value is -0.640. The Labute approximate surface area is 116 Å². The highest BCUT2D eigenvalue weighted by Gasteiger charge is 2.41. The summed E-state index contributed by atoms with van der Waals surface area (Å²) < 4.78 is 0. The predicted octanol–water partition coefficient (Wildman–Crippen LogP) is 2.77. The van der Waals surface area contributed by atoms with Gasteiger partial charge in [-0.05, 0) is 25.7 Å². The number of amides is 1. The molecule has 0 radical (unpaired) electrons. The molecule has 0 aromatic carbocycles. The van der Waals surface area contributed by atoms with Crippen LogP contribution in [0, 0.1) is 11.3 Å². The van der Waals surface area contributed by atoms with Gasteiger partial charge in [0.15, 0.2) is 0 Å². The molecular weight excluding hydrogens is 244 g/mol. The molecule has 0 aromatic rings. The van der Waals surface area contributed by atoms with Crippen LogP contribution >= 0.6 is 12.2 Å². The second-order valence-electron chi connectivity index (χ2n) is 5.87. The highest BCUT2D eigenvalue weighted by atomic mass is 32.1. The number of carbonyl (C=O) groups is 1. The summed E-state index contributed by atoms with van der Waals surface area (Å²) in [6.07, 6.45) is 6.05. The summed E-state index contributed by atoms with van der Waals surface area (Å²) in [5, 5.41) is 3.09. The minimum Gasteiger partial charge on any atom is -0.392 e. The van der Waals surface area contributed by atoms with E-state index in [-0.39, 0.29) is 11.9 Å². The van der Waals surface area contributed by atoms with Gasteiger partial charge in [0, 0.05) is 6.04 Å². The topological polar surface area (TPSA) is 55.1 Å². The predicted molar refractivity (Wildman–Crippen MR) is 79.4 cm³/mol. The number of carbonyl (C=O) groups excluding carboxylic acids is 1. The number of rotatable bonds is 4. The number of nitrogens with one attached hydrogen (secondary N) is 1. The average Bonchev–Trinajstić information content (AvgIpc) is 2.54. The van der Waals surface area contributed by atoms with Crippen molar-refractivity contribution in [2.24, 2.45) is 17.1 Å². The van der Waals surface area contributed by atoms with Gasteiger partial charge in [0.2, 0.25) is 5.91 Å². The van der Waals surface area contributed by atoms with Gasteiger partial charge >= 0.3 is 0 Å². The Morgan fingerprint density at radius 1 is 1.17 bits per heavy atom. The Morgan fingerprint density at radius 3 is 2.06 bits per heavy atom. The van der Waals surface area contributed by atoms with Gasteiger partial charge in [-0.1, -0.05) is 51.7 Å². The fourth-order valence-electron chi connectivity index (χ4n) is 2.43. The van der Waals surface area contributed by atoms with E-state index in [4.69, 9.17) is 18.0 Å². The molecule has 1 fully saturated rings. The molecule has 0 aliphatic heterocycles. The number of hydrogen-bond acceptors (Lipinski definition) is 2. The van der Waals surface area contributed by atoms with Crippen molar-refractivity contribution in [3.05, 3.63) is 0 Å². The molecule has 0 bridgehead atoms. The molecule has 1 saturated carbocycles. The molecule has 1 amide bonds. The summed E-state index contributed by atoms with van der Waals surface area (Å²) >= 11 is 5.20. The van der Waals surface area contributed by atoms with E-state index in [2.05, 4.69) is 19.2 Å². The second-order valence-corrected chi connectivity index (χ2v) is 6.31. The fraction of sp³-hybridized carbons (Fsp3) is 0.857. The van der Waals surface area contributed by atoms with E-state index in [0.717, 1.165) is 25.7 Å². The molecule has 1 unspecified atom stereocenters. The van der Waals surface area contributed by atoms with E-state index in [1.807, 2.05) is 6.92 Å². The quantitative estimate of drug-likeness (QED) is 0.610. The summed E-state index contributed by atoms with van der Waals surface area (Å²) in [6, 6.07) is 0.159. The average molecular weight is 270 g/mol. The lowest BCUT2D eigenvalue weighted by Gasteiger charge is -2.32. The maximum absolute atomic E-state index is 12.6. The molecule has 0 saturated heterocycles. The van der Waals surface area contributed by atoms with Crippen LogP contribution in [-0.2, 0) is 4.79 Å². The zero-order valence-corrected chi connectivity index (χ0v) is 12.6. The Morgan fingerprint density at radius 2 is 1.67 bits per heavy atom. The van der Waals surface area contributed by atoms with E-state index < -0.39 is 5.41 Å². The molecule has 0 aromatic heterocycles. The molecule has 0 spiro atoms. The lowest BCUT2D eigenvalue weighted by Crippen LogP contribution is -2.51. The monoisotopic (exact) mass is 270 g/mol. The number of thiocarbonyl (C=S) groups is 1. The molecular formula is C14H26N2OS. The third kappa shape index (κ3) is 3.44. The van der Waals surface area contributed by atoms with Crippen LogP contribution in [0.15, 0.2) is 0 Å². The van der Waals surface area contributed by atoms with E-state index in [9.17, 15) is 4.79 Å². The van der Waals surface area contributed by atoms with Gasteiger partial charge in [0.1, 0.15) is 0 Å². The van der Waals surface area contributed by atoms with E-state index in [0.29, 0.717) is 10.9 Å². The summed E-state index contributed by atoms with van der Waals surface area (Å²) in [5.41, 5.74) is 5.29. The smallest absolute Gasteiger partial charge is 0.233 e. The molecule has 1 aliphatic rings. The molecule has 104 valence electrons. The Balaban J connectivity index is 2.83. The van der Waals surface area contributed by atoms with Crippen LogP contribution in [0.4, 0.5) is 0 Å². The van der Waals surface area contributed by atoms with Crippen LogP contribution in [-0.4, -0.2) is 16.9 Å². The maximum atomic E-state index is 12.6. The molecule has 4 heteroatoms. The summed E-state index contributed by atoms with van der Waals surface area (Å²) in [7, 11) is 0. The van der Waals surface area contributed by atoms with E-state index >= 15 is 0 Å². The summed E-state index contributed by atoms with van der Waals surface area (Å²) in [4.78, 5) is 12.9. The van der Waals surface area contributed by atoms with Crippen LogP contribution in [0.2, 0.25) is 0 Å². The number of hydrogen-bond donors (Lipinski definition) is 2. The Bertz CT molecular complexity index is 307. The highest BCUT2D eigenvalue weighted by Crippen LogP contribution is 2.36. The highest BCUT2D eigenvalue weighted by molar-refractivity contribution is 7.80. The summed E-state index contributed by atoms with van der Waals surface area (Å²) in [6.45, 7) is 6.24. The van der Waals surface area contributed by atoms with E-state index in [1.165, 1.54) is 12.8 Å². The molecule has 1 aliphatic carbocycles. The third-order valence-electron chi connectivity index (χ3n) is 4.22. The normalized spacial score (nSPS) is 21.1. The molecule has 18 heavy (non-hydrogen) atoms. The van der Waals surface area contributed by atoms with Crippen molar-refractivity contribution in [3.63, 3.8) is 0 Å². The first-order valence-electron chi connectivity index (χ1n) is 7.01. The zero-order chi connectivity index (χ0) is 13.8. The van der Waals surface area contributed by atoms with Crippen LogP contribution < -0.4 is 11.1 Å². The van der Waals surface area contributed by atoms with Crippen molar-refractivity contribution in [1.82, 2.24) is 5.32 Å². The van der Waals surface area contributed by atoms with Crippen molar-refractivity contribution in [2.75, 3.05) is 0 Å². The van der Waals surface area contributed by atoms with Gasteiger partial charge in [-0.25, -0.2) is 0 Å². The van der Waals surface area contributed by atoms with E-state index in [1.54, 1.807) is 0 Å². The SMILES string of the molecule is CC(C)C(C)NC(=O)C1(C(N)=S)CCCCCC1. The number of nitrogens with two attached hydrogens (primary N) is 1. The van der Waals surface area contributed by atoms with Crippen molar-refractivity contribution in [2.45, 2.75) is 65.3 Å². The van der Waals surface area contributed by atoms with Crippen LogP contribution in [0.5, 0.6) is 0 Å². The molecule has 3 nitrogen and oxygen atoms in total. The first kappa shape index (κ1) is 15.4. The molecule has 1 rings (SSSR count). The fourth-order valence-corrected chi connectivity index (χ4v) is 2.73. The van der Waals surface area contributed by atoms with Gasteiger partial charge in [-0.3, -0.25) is 4.79 Å². The third-order valence-corrected chi connectivity index (χ3v) is 4.61. The van der Waals surface area contributed by atoms with Crippen LogP contribution in [0.3, 0.4) is 0 Å². The van der Waals surface area contributed by atoms with Gasteiger partial charge in [-0.2, -0.15) is 0 Å². The first-order valence-corrected chi connectivity index (χ1v) is 7.42. The van der Waals surface area contributed by atoms with Crippen LogP contribution in [0.25, 0.3) is 0 Å². The minimum atomic E-state index is -0.602. The summed E-state index contributed by atoms with van der Waals surface area (Å²) in [5.74, 6) is 0.459. The van der Waals surface area contributed by atoms with Gasteiger partial charge < -0.3 is 11.1 Å². The molecule has 0 heterocycles. The lowest BCUT2D eigenvalue weighted by molar-refractivity contribution is -0.129. The van der Waals surface area contributed by atoms with Crippen molar-refractivity contribution in [3.8, 4) is 0 Å². The maximum Gasteiger partial charge on any atom is 0.233 e.